The molecule has 2 N–H and O–H groups in total. The topological polar surface area (TPSA) is 66.0 Å². The molecule has 0 spiro atoms. The smallest absolute Gasteiger partial charge is 0.371 e. The third kappa shape index (κ3) is 1.39. The van der Waals surface area contributed by atoms with E-state index in [9.17, 15) is 4.79 Å². The molecule has 0 radical (unpaired) electrons. The molecule has 0 saturated heterocycles. The van der Waals surface area contributed by atoms with Crippen LogP contribution in [0.1, 0.15) is 10.6 Å². The molecule has 0 atom stereocenters. The van der Waals surface area contributed by atoms with Gasteiger partial charge in [0.05, 0.1) is 5.52 Å². The third-order valence-electron chi connectivity index (χ3n) is 1.67. The van der Waals surface area contributed by atoms with E-state index in [0.29, 0.717) is 5.52 Å². The first kappa shape index (κ1) is 8.49. The van der Waals surface area contributed by atoms with Crippen molar-refractivity contribution in [1.82, 2.24) is 9.97 Å². The highest BCUT2D eigenvalue weighted by Gasteiger charge is 2.10. The van der Waals surface area contributed by atoms with Crippen LogP contribution in [0.4, 0.5) is 0 Å². The number of aromatic amines is 1. The van der Waals surface area contributed by atoms with Crippen LogP contribution in [0.3, 0.4) is 0 Å². The highest BCUT2D eigenvalue weighted by Crippen LogP contribution is 2.17. The monoisotopic (exact) mass is 288 g/mol. The van der Waals surface area contributed by atoms with Gasteiger partial charge in [0.15, 0.2) is 0 Å². The Morgan fingerprint density at radius 1 is 1.54 bits per heavy atom. The minimum Gasteiger partial charge on any atom is -0.475 e. The molecular weight excluding hydrogens is 283 g/mol. The average molecular weight is 288 g/mol. The lowest BCUT2D eigenvalue weighted by Gasteiger charge is -1.88. The van der Waals surface area contributed by atoms with Gasteiger partial charge in [0.25, 0.3) is 0 Å². The van der Waals surface area contributed by atoms with E-state index in [1.165, 1.54) is 0 Å². The lowest BCUT2D eigenvalue weighted by molar-refractivity contribution is 0.0685. The number of H-pyrrole nitrogens is 1. The summed E-state index contributed by atoms with van der Waals surface area (Å²) < 4.78 is 0.943. The Kier molecular flexibility index (Phi) is 1.95. The van der Waals surface area contributed by atoms with E-state index >= 15 is 0 Å². The summed E-state index contributed by atoms with van der Waals surface area (Å²) in [5.41, 5.74) is 1.46. The number of hydrogen-bond donors (Lipinski definition) is 2. The standard InChI is InChI=1S/C8H5IN2O2/c9-4-2-1-3-5-6(4)11-7(10-5)8(12)13/h1-3H,(H,10,11)(H,12,13). The minimum absolute atomic E-state index is 0.0147. The molecule has 0 unspecified atom stereocenters. The van der Waals surface area contributed by atoms with Gasteiger partial charge in [0.1, 0.15) is 5.52 Å². The number of carbonyl (C=O) groups is 1. The first-order chi connectivity index (χ1) is 6.18. The van der Waals surface area contributed by atoms with Crippen LogP contribution in [-0.4, -0.2) is 21.0 Å². The van der Waals surface area contributed by atoms with Crippen molar-refractivity contribution in [2.75, 3.05) is 0 Å². The Hall–Kier alpha value is -1.11. The number of halogens is 1. The van der Waals surface area contributed by atoms with E-state index < -0.39 is 5.97 Å². The van der Waals surface area contributed by atoms with Gasteiger partial charge in [-0.15, -0.1) is 0 Å². The first-order valence-corrected chi connectivity index (χ1v) is 4.64. The van der Waals surface area contributed by atoms with Crippen molar-refractivity contribution in [3.8, 4) is 0 Å². The van der Waals surface area contributed by atoms with E-state index in [0.717, 1.165) is 9.09 Å². The summed E-state index contributed by atoms with van der Waals surface area (Å²) in [6.45, 7) is 0. The molecule has 5 heteroatoms. The van der Waals surface area contributed by atoms with Crippen LogP contribution in [0.2, 0.25) is 0 Å². The average Bonchev–Trinajstić information content (AvgIpc) is 2.49. The van der Waals surface area contributed by atoms with Crippen LogP contribution in [0.25, 0.3) is 11.0 Å². The number of nitrogens with one attached hydrogen (secondary N) is 1. The van der Waals surface area contributed by atoms with E-state index in [2.05, 4.69) is 32.6 Å². The Labute approximate surface area is 87.1 Å². The second-order valence-electron chi connectivity index (χ2n) is 2.53. The fourth-order valence-electron chi connectivity index (χ4n) is 1.10. The van der Waals surface area contributed by atoms with Gasteiger partial charge in [-0.05, 0) is 34.7 Å². The molecular formula is C8H5IN2O2. The van der Waals surface area contributed by atoms with Crippen molar-refractivity contribution < 1.29 is 9.90 Å². The molecule has 0 aliphatic heterocycles. The molecule has 1 aromatic carbocycles. The second kappa shape index (κ2) is 2.99. The predicted octanol–water partition coefficient (Wildman–Crippen LogP) is 1.87. The zero-order valence-corrected chi connectivity index (χ0v) is 8.57. The van der Waals surface area contributed by atoms with Crippen molar-refractivity contribution >= 4 is 39.6 Å². The summed E-state index contributed by atoms with van der Waals surface area (Å²) in [6.07, 6.45) is 0. The Morgan fingerprint density at radius 2 is 2.31 bits per heavy atom. The number of rotatable bonds is 1. The van der Waals surface area contributed by atoms with Gasteiger partial charge in [-0.3, -0.25) is 0 Å². The van der Waals surface area contributed by atoms with Crippen molar-refractivity contribution in [2.24, 2.45) is 0 Å². The van der Waals surface area contributed by atoms with Gasteiger partial charge in [-0.25, -0.2) is 9.78 Å². The maximum atomic E-state index is 10.6. The molecule has 1 heterocycles. The van der Waals surface area contributed by atoms with E-state index in [-0.39, 0.29) is 5.82 Å². The summed E-state index contributed by atoms with van der Waals surface area (Å²) in [7, 11) is 0. The molecule has 66 valence electrons. The number of carboxylic acid groups (broad SMARTS) is 1. The molecule has 2 aromatic rings. The first-order valence-electron chi connectivity index (χ1n) is 3.56. The maximum absolute atomic E-state index is 10.6. The van der Waals surface area contributed by atoms with E-state index in [1.807, 2.05) is 12.1 Å². The van der Waals surface area contributed by atoms with Crippen molar-refractivity contribution in [3.63, 3.8) is 0 Å². The molecule has 0 bridgehead atoms. The number of para-hydroxylation sites is 1. The van der Waals surface area contributed by atoms with Gasteiger partial charge in [0.2, 0.25) is 5.82 Å². The lowest BCUT2D eigenvalue weighted by Crippen LogP contribution is -1.97. The van der Waals surface area contributed by atoms with Crippen LogP contribution >= 0.6 is 22.6 Å². The van der Waals surface area contributed by atoms with Crippen LogP contribution in [0.5, 0.6) is 0 Å². The molecule has 0 amide bonds. The highest BCUT2D eigenvalue weighted by atomic mass is 127. The number of fused-ring (bicyclic) bond motifs is 1. The van der Waals surface area contributed by atoms with Crippen LogP contribution in [-0.2, 0) is 0 Å². The minimum atomic E-state index is -1.04. The van der Waals surface area contributed by atoms with Crippen LogP contribution < -0.4 is 0 Å². The number of benzene rings is 1. The summed E-state index contributed by atoms with van der Waals surface area (Å²) in [6, 6.07) is 5.54. The predicted molar refractivity (Wildman–Crippen MR) is 55.8 cm³/mol. The number of imidazole rings is 1. The number of hydrogen-bond acceptors (Lipinski definition) is 2. The third-order valence-corrected chi connectivity index (χ3v) is 2.54. The number of aromatic carboxylic acids is 1. The van der Waals surface area contributed by atoms with E-state index in [4.69, 9.17) is 5.11 Å². The summed E-state index contributed by atoms with van der Waals surface area (Å²) in [5, 5.41) is 8.68. The van der Waals surface area contributed by atoms with Gasteiger partial charge < -0.3 is 10.1 Å². The lowest BCUT2D eigenvalue weighted by atomic mass is 10.3. The molecule has 1 aromatic heterocycles. The number of carboxylic acids is 1. The molecule has 0 aliphatic rings. The second-order valence-corrected chi connectivity index (χ2v) is 3.69. The van der Waals surface area contributed by atoms with Crippen LogP contribution in [0.15, 0.2) is 18.2 Å². The van der Waals surface area contributed by atoms with Gasteiger partial charge in [-0.2, -0.15) is 0 Å². The zero-order chi connectivity index (χ0) is 9.42. The normalized spacial score (nSPS) is 10.5. The van der Waals surface area contributed by atoms with Crippen molar-refractivity contribution in [3.05, 3.63) is 27.6 Å². The maximum Gasteiger partial charge on any atom is 0.371 e. The zero-order valence-electron chi connectivity index (χ0n) is 6.41. The summed E-state index contributed by atoms with van der Waals surface area (Å²) in [5.74, 6) is -1.05. The molecule has 4 nitrogen and oxygen atoms in total. The molecule has 0 saturated carbocycles. The van der Waals surface area contributed by atoms with E-state index in [1.54, 1.807) is 6.07 Å². The largest absolute Gasteiger partial charge is 0.475 e. The molecule has 2 rings (SSSR count). The van der Waals surface area contributed by atoms with Gasteiger partial charge >= 0.3 is 5.97 Å². The molecule has 13 heavy (non-hydrogen) atoms. The SMILES string of the molecule is O=C(O)c1nc2c(I)cccc2[nH]1. The fraction of sp³-hybridized carbons (Fsp3) is 0. The Morgan fingerprint density at radius 3 is 2.92 bits per heavy atom. The van der Waals surface area contributed by atoms with Crippen LogP contribution in [0, 0.1) is 3.57 Å². The Bertz CT molecular complexity index is 478. The fourth-order valence-corrected chi connectivity index (χ4v) is 1.72. The van der Waals surface area contributed by atoms with Crippen molar-refractivity contribution in [1.29, 1.82) is 0 Å². The van der Waals surface area contributed by atoms with Gasteiger partial charge in [-0.1, -0.05) is 6.07 Å². The Balaban J connectivity index is 2.75. The summed E-state index contributed by atoms with van der Waals surface area (Å²) in [4.78, 5) is 17.3. The number of aromatic nitrogens is 2. The highest BCUT2D eigenvalue weighted by molar-refractivity contribution is 14.1. The van der Waals surface area contributed by atoms with Gasteiger partial charge in [0, 0.05) is 3.57 Å². The molecule has 0 aliphatic carbocycles. The summed E-state index contributed by atoms with van der Waals surface area (Å²) >= 11 is 2.12. The molecule has 0 fully saturated rings. The van der Waals surface area contributed by atoms with Crippen molar-refractivity contribution in [2.45, 2.75) is 0 Å². The quantitative estimate of drug-likeness (QED) is 0.787. The number of nitrogens with zero attached hydrogens (tertiary/aromatic N) is 1.